The molecule has 2 rings (SSSR count). The van der Waals surface area contributed by atoms with Crippen LogP contribution in [0.15, 0.2) is 6.07 Å². The maximum Gasteiger partial charge on any atom is 0.261 e. The highest BCUT2D eigenvalue weighted by Gasteiger charge is 2.28. The SMILES string of the molecule is CCC(CC)(CN)NC(=O)c1cc2c(s1)CCC2. The summed E-state index contributed by atoms with van der Waals surface area (Å²) in [4.78, 5) is 14.5. The van der Waals surface area contributed by atoms with Crippen LogP contribution in [0.1, 0.15) is 53.2 Å². The van der Waals surface area contributed by atoms with Gasteiger partial charge in [-0.15, -0.1) is 11.3 Å². The largest absolute Gasteiger partial charge is 0.345 e. The predicted octanol–water partition coefficient (Wildman–Crippen LogP) is 2.48. The Morgan fingerprint density at radius 2 is 2.17 bits per heavy atom. The minimum atomic E-state index is -0.245. The second-order valence-corrected chi connectivity index (χ2v) is 6.20. The Bertz CT molecular complexity index is 405. The highest BCUT2D eigenvalue weighted by molar-refractivity contribution is 7.14. The summed E-state index contributed by atoms with van der Waals surface area (Å²) in [6, 6.07) is 2.06. The standard InChI is InChI=1S/C14H22N2OS/c1-3-14(4-2,9-15)16-13(17)12-8-10-6-5-7-11(10)18-12/h8H,3-7,9,15H2,1-2H3,(H,16,17). The second-order valence-electron chi connectivity index (χ2n) is 5.06. The Labute approximate surface area is 113 Å². The van der Waals surface area contributed by atoms with Crippen LogP contribution < -0.4 is 11.1 Å². The first-order valence-electron chi connectivity index (χ1n) is 6.78. The van der Waals surface area contributed by atoms with E-state index in [-0.39, 0.29) is 11.4 Å². The van der Waals surface area contributed by atoms with E-state index in [1.54, 1.807) is 11.3 Å². The number of amides is 1. The zero-order valence-electron chi connectivity index (χ0n) is 11.2. The lowest BCUT2D eigenvalue weighted by Crippen LogP contribution is -2.52. The van der Waals surface area contributed by atoms with Gasteiger partial charge in [0.2, 0.25) is 0 Å². The van der Waals surface area contributed by atoms with Crippen molar-refractivity contribution in [2.45, 2.75) is 51.5 Å². The van der Waals surface area contributed by atoms with Crippen molar-refractivity contribution in [1.29, 1.82) is 0 Å². The molecule has 1 aliphatic carbocycles. The van der Waals surface area contributed by atoms with E-state index < -0.39 is 0 Å². The third kappa shape index (κ3) is 2.45. The number of rotatable bonds is 5. The van der Waals surface area contributed by atoms with Gasteiger partial charge in [0.05, 0.1) is 10.4 Å². The summed E-state index contributed by atoms with van der Waals surface area (Å²) in [5, 5.41) is 3.13. The van der Waals surface area contributed by atoms with Crippen molar-refractivity contribution < 1.29 is 4.79 Å². The van der Waals surface area contributed by atoms with Crippen molar-refractivity contribution in [2.24, 2.45) is 5.73 Å². The van der Waals surface area contributed by atoms with Crippen molar-refractivity contribution in [1.82, 2.24) is 5.32 Å². The molecule has 1 aliphatic rings. The summed E-state index contributed by atoms with van der Waals surface area (Å²) in [7, 11) is 0. The maximum absolute atomic E-state index is 12.3. The molecule has 0 fully saturated rings. The van der Waals surface area contributed by atoms with E-state index in [4.69, 9.17) is 5.73 Å². The van der Waals surface area contributed by atoms with Crippen molar-refractivity contribution in [3.8, 4) is 0 Å². The van der Waals surface area contributed by atoms with Crippen LogP contribution in [0.5, 0.6) is 0 Å². The smallest absolute Gasteiger partial charge is 0.261 e. The molecule has 0 aromatic carbocycles. The van der Waals surface area contributed by atoms with Gasteiger partial charge in [-0.1, -0.05) is 13.8 Å². The van der Waals surface area contributed by atoms with E-state index >= 15 is 0 Å². The van der Waals surface area contributed by atoms with Gasteiger partial charge in [-0.2, -0.15) is 0 Å². The van der Waals surface area contributed by atoms with E-state index in [0.717, 1.165) is 30.6 Å². The van der Waals surface area contributed by atoms with Crippen LogP contribution >= 0.6 is 11.3 Å². The van der Waals surface area contributed by atoms with E-state index in [2.05, 4.69) is 25.2 Å². The van der Waals surface area contributed by atoms with Gasteiger partial charge >= 0.3 is 0 Å². The molecule has 3 N–H and O–H groups in total. The lowest BCUT2D eigenvalue weighted by molar-refractivity contribution is 0.0899. The molecule has 1 heterocycles. The van der Waals surface area contributed by atoms with Gasteiger partial charge < -0.3 is 11.1 Å². The number of carbonyl (C=O) groups excluding carboxylic acids is 1. The Morgan fingerprint density at radius 1 is 1.44 bits per heavy atom. The number of hydrogen-bond donors (Lipinski definition) is 2. The molecule has 0 aliphatic heterocycles. The molecule has 0 atom stereocenters. The first-order valence-corrected chi connectivity index (χ1v) is 7.60. The van der Waals surface area contributed by atoms with Gasteiger partial charge in [-0.3, -0.25) is 4.79 Å². The monoisotopic (exact) mass is 266 g/mol. The zero-order chi connectivity index (χ0) is 13.2. The molecule has 1 amide bonds. The fourth-order valence-electron chi connectivity index (χ4n) is 2.51. The minimum Gasteiger partial charge on any atom is -0.345 e. The molecule has 1 aromatic rings. The number of thiophene rings is 1. The molecule has 3 nitrogen and oxygen atoms in total. The van der Waals surface area contributed by atoms with Crippen LogP contribution in [0.3, 0.4) is 0 Å². The van der Waals surface area contributed by atoms with E-state index in [0.29, 0.717) is 6.54 Å². The average molecular weight is 266 g/mol. The van der Waals surface area contributed by atoms with Gasteiger partial charge in [-0.25, -0.2) is 0 Å². The number of fused-ring (bicyclic) bond motifs is 1. The third-order valence-corrected chi connectivity index (χ3v) is 5.33. The molecule has 4 heteroatoms. The minimum absolute atomic E-state index is 0.0450. The van der Waals surface area contributed by atoms with Crippen LogP contribution in [0.2, 0.25) is 0 Å². The molecular weight excluding hydrogens is 244 g/mol. The Kier molecular flexibility index (Phi) is 4.07. The van der Waals surface area contributed by atoms with Crippen LogP contribution in [0.25, 0.3) is 0 Å². The van der Waals surface area contributed by atoms with E-state index in [9.17, 15) is 4.79 Å². The summed E-state index contributed by atoms with van der Waals surface area (Å²) < 4.78 is 0. The average Bonchev–Trinajstić information content (AvgIpc) is 2.96. The Morgan fingerprint density at radius 3 is 2.72 bits per heavy atom. The highest BCUT2D eigenvalue weighted by atomic mass is 32.1. The predicted molar refractivity (Wildman–Crippen MR) is 76.2 cm³/mol. The molecule has 0 saturated carbocycles. The van der Waals surface area contributed by atoms with Gasteiger partial charge in [0.25, 0.3) is 5.91 Å². The van der Waals surface area contributed by atoms with Crippen LogP contribution in [-0.4, -0.2) is 18.0 Å². The summed E-state index contributed by atoms with van der Waals surface area (Å²) >= 11 is 1.65. The van der Waals surface area contributed by atoms with Crippen molar-refractivity contribution in [3.63, 3.8) is 0 Å². The van der Waals surface area contributed by atoms with Gasteiger partial charge in [-0.05, 0) is 43.7 Å². The number of carbonyl (C=O) groups is 1. The van der Waals surface area contributed by atoms with Crippen molar-refractivity contribution >= 4 is 17.2 Å². The molecule has 100 valence electrons. The normalized spacial score (nSPS) is 14.6. The van der Waals surface area contributed by atoms with Gasteiger partial charge in [0.1, 0.15) is 0 Å². The molecule has 0 bridgehead atoms. The maximum atomic E-state index is 12.3. The number of aryl methyl sites for hydroxylation is 2. The molecule has 18 heavy (non-hydrogen) atoms. The Hall–Kier alpha value is -0.870. The van der Waals surface area contributed by atoms with Crippen molar-refractivity contribution in [2.75, 3.05) is 6.54 Å². The third-order valence-electron chi connectivity index (χ3n) is 4.09. The van der Waals surface area contributed by atoms with Gasteiger partial charge in [0, 0.05) is 11.4 Å². The lowest BCUT2D eigenvalue weighted by atomic mass is 9.93. The molecular formula is C14H22N2OS. The van der Waals surface area contributed by atoms with Crippen LogP contribution in [-0.2, 0) is 12.8 Å². The van der Waals surface area contributed by atoms with Crippen molar-refractivity contribution in [3.05, 3.63) is 21.4 Å². The van der Waals surface area contributed by atoms with Gasteiger partial charge in [0.15, 0.2) is 0 Å². The molecule has 1 aromatic heterocycles. The quantitative estimate of drug-likeness (QED) is 0.860. The fraction of sp³-hybridized carbons (Fsp3) is 0.643. The summed E-state index contributed by atoms with van der Waals surface area (Å²) in [6.45, 7) is 4.65. The Balaban J connectivity index is 2.11. The summed E-state index contributed by atoms with van der Waals surface area (Å²) in [5.74, 6) is 0.0450. The lowest BCUT2D eigenvalue weighted by Gasteiger charge is -2.31. The highest BCUT2D eigenvalue weighted by Crippen LogP contribution is 2.31. The van der Waals surface area contributed by atoms with E-state index in [1.807, 2.05) is 0 Å². The molecule has 0 unspecified atom stereocenters. The first-order chi connectivity index (χ1) is 8.64. The first kappa shape index (κ1) is 13.6. The van der Waals surface area contributed by atoms with E-state index in [1.165, 1.54) is 16.9 Å². The molecule has 0 spiro atoms. The topological polar surface area (TPSA) is 55.1 Å². The molecule has 0 radical (unpaired) electrons. The molecule has 0 saturated heterocycles. The summed E-state index contributed by atoms with van der Waals surface area (Å²) in [6.07, 6.45) is 5.24. The second kappa shape index (κ2) is 5.41. The van der Waals surface area contributed by atoms with Crippen LogP contribution in [0.4, 0.5) is 0 Å². The summed E-state index contributed by atoms with van der Waals surface area (Å²) in [5.41, 5.74) is 6.94. The number of nitrogens with one attached hydrogen (secondary N) is 1. The van der Waals surface area contributed by atoms with Crippen LogP contribution in [0, 0.1) is 0 Å². The zero-order valence-corrected chi connectivity index (χ0v) is 12.0. The number of nitrogens with two attached hydrogens (primary N) is 1. The fourth-order valence-corrected chi connectivity index (χ4v) is 3.66. The number of hydrogen-bond acceptors (Lipinski definition) is 3.